The number of fused-ring (bicyclic) bond motifs is 1. The van der Waals surface area contributed by atoms with Gasteiger partial charge in [0, 0.05) is 0 Å². The smallest absolute Gasteiger partial charge is 0.178 e. The molecule has 0 unspecified atom stereocenters. The number of rotatable bonds is 4. The molecule has 1 aromatic heterocycles. The lowest BCUT2D eigenvalue weighted by Gasteiger charge is -2.05. The fourth-order valence-corrected chi connectivity index (χ4v) is 2.61. The molecule has 0 aliphatic rings. The van der Waals surface area contributed by atoms with Gasteiger partial charge in [-0.2, -0.15) is 0 Å². The van der Waals surface area contributed by atoms with E-state index in [1.807, 2.05) is 48.5 Å². The SMILES string of the molecule is O=Cc1nc2ccc(OCc3ccccc3)cc2s1. The van der Waals surface area contributed by atoms with E-state index < -0.39 is 0 Å². The van der Waals surface area contributed by atoms with Crippen LogP contribution in [0.4, 0.5) is 0 Å². The molecule has 1 heterocycles. The van der Waals surface area contributed by atoms with Crippen LogP contribution in [0.5, 0.6) is 5.75 Å². The van der Waals surface area contributed by atoms with Crippen LogP contribution in [0, 0.1) is 0 Å². The van der Waals surface area contributed by atoms with Crippen LogP contribution in [0.1, 0.15) is 15.4 Å². The highest BCUT2D eigenvalue weighted by Crippen LogP contribution is 2.26. The van der Waals surface area contributed by atoms with Crippen LogP contribution in [-0.4, -0.2) is 11.3 Å². The van der Waals surface area contributed by atoms with E-state index in [-0.39, 0.29) is 0 Å². The van der Waals surface area contributed by atoms with Crippen molar-refractivity contribution in [3.8, 4) is 5.75 Å². The minimum Gasteiger partial charge on any atom is -0.489 e. The minimum absolute atomic E-state index is 0.496. The summed E-state index contributed by atoms with van der Waals surface area (Å²) in [7, 11) is 0. The summed E-state index contributed by atoms with van der Waals surface area (Å²) in [4.78, 5) is 14.9. The fraction of sp³-hybridized carbons (Fsp3) is 0.0667. The summed E-state index contributed by atoms with van der Waals surface area (Å²) in [5, 5.41) is 0.496. The van der Waals surface area contributed by atoms with Crippen molar-refractivity contribution in [2.24, 2.45) is 0 Å². The monoisotopic (exact) mass is 269 g/mol. The topological polar surface area (TPSA) is 39.2 Å². The number of ether oxygens (including phenoxy) is 1. The van der Waals surface area contributed by atoms with Crippen LogP contribution >= 0.6 is 11.3 Å². The van der Waals surface area contributed by atoms with Gasteiger partial charge in [0.2, 0.25) is 0 Å². The number of aromatic nitrogens is 1. The Bertz CT molecular complexity index is 706. The largest absolute Gasteiger partial charge is 0.489 e. The number of aldehydes is 1. The molecule has 0 fully saturated rings. The normalized spacial score (nSPS) is 10.5. The third-order valence-corrected chi connectivity index (χ3v) is 3.67. The van der Waals surface area contributed by atoms with Crippen molar-refractivity contribution in [3.63, 3.8) is 0 Å². The van der Waals surface area contributed by atoms with E-state index in [0.29, 0.717) is 11.6 Å². The molecule has 3 nitrogen and oxygen atoms in total. The molecule has 0 saturated carbocycles. The van der Waals surface area contributed by atoms with Crippen molar-refractivity contribution in [3.05, 3.63) is 59.1 Å². The van der Waals surface area contributed by atoms with E-state index in [4.69, 9.17) is 4.74 Å². The predicted molar refractivity (Wildman–Crippen MR) is 75.8 cm³/mol. The Kier molecular flexibility index (Phi) is 3.25. The Balaban J connectivity index is 1.79. The third kappa shape index (κ3) is 2.63. The number of hydrogen-bond donors (Lipinski definition) is 0. The number of thiazole rings is 1. The van der Waals surface area contributed by atoms with Crippen molar-refractivity contribution in [1.29, 1.82) is 0 Å². The molecule has 0 atom stereocenters. The summed E-state index contributed by atoms with van der Waals surface area (Å²) in [5.41, 5.74) is 1.96. The number of hydrogen-bond acceptors (Lipinski definition) is 4. The van der Waals surface area contributed by atoms with Crippen molar-refractivity contribution < 1.29 is 9.53 Å². The van der Waals surface area contributed by atoms with Gasteiger partial charge in [0.1, 0.15) is 12.4 Å². The highest BCUT2D eigenvalue weighted by molar-refractivity contribution is 7.20. The molecule has 0 saturated heterocycles. The first-order valence-corrected chi connectivity index (χ1v) is 6.69. The lowest BCUT2D eigenvalue weighted by Crippen LogP contribution is -1.94. The molecule has 0 N–H and O–H groups in total. The second kappa shape index (κ2) is 5.20. The van der Waals surface area contributed by atoms with Crippen molar-refractivity contribution >= 4 is 27.8 Å². The summed E-state index contributed by atoms with van der Waals surface area (Å²) in [6.07, 6.45) is 0.773. The van der Waals surface area contributed by atoms with E-state index in [2.05, 4.69) is 4.98 Å². The maximum absolute atomic E-state index is 10.7. The Morgan fingerprint density at radius 2 is 2.00 bits per heavy atom. The minimum atomic E-state index is 0.496. The van der Waals surface area contributed by atoms with Crippen molar-refractivity contribution in [2.45, 2.75) is 6.61 Å². The summed E-state index contributed by atoms with van der Waals surface area (Å²) in [6.45, 7) is 0.533. The zero-order valence-electron chi connectivity index (χ0n) is 10.1. The quantitative estimate of drug-likeness (QED) is 0.678. The molecule has 2 aromatic carbocycles. The summed E-state index contributed by atoms with van der Waals surface area (Å²) in [5.74, 6) is 0.789. The summed E-state index contributed by atoms with van der Waals surface area (Å²) in [6, 6.07) is 15.7. The lowest BCUT2D eigenvalue weighted by atomic mass is 10.2. The Labute approximate surface area is 114 Å². The third-order valence-electron chi connectivity index (χ3n) is 2.73. The Morgan fingerprint density at radius 3 is 2.79 bits per heavy atom. The van der Waals surface area contributed by atoms with Crippen LogP contribution in [0.3, 0.4) is 0 Å². The first-order valence-electron chi connectivity index (χ1n) is 5.87. The van der Waals surface area contributed by atoms with Gasteiger partial charge in [0.25, 0.3) is 0 Å². The Morgan fingerprint density at radius 1 is 1.16 bits per heavy atom. The maximum atomic E-state index is 10.7. The van der Waals surface area contributed by atoms with Crippen LogP contribution < -0.4 is 4.74 Å². The molecule has 4 heteroatoms. The number of benzene rings is 2. The highest BCUT2D eigenvalue weighted by Gasteiger charge is 2.04. The van der Waals surface area contributed by atoms with Gasteiger partial charge in [-0.1, -0.05) is 30.3 Å². The lowest BCUT2D eigenvalue weighted by molar-refractivity contribution is 0.112. The predicted octanol–water partition coefficient (Wildman–Crippen LogP) is 3.69. The fourth-order valence-electron chi connectivity index (χ4n) is 1.80. The summed E-state index contributed by atoms with van der Waals surface area (Å²) < 4.78 is 6.70. The highest BCUT2D eigenvalue weighted by atomic mass is 32.1. The molecule has 3 rings (SSSR count). The van der Waals surface area contributed by atoms with Crippen LogP contribution in [0.15, 0.2) is 48.5 Å². The average molecular weight is 269 g/mol. The molecule has 3 aromatic rings. The maximum Gasteiger partial charge on any atom is 0.178 e. The van der Waals surface area contributed by atoms with Gasteiger partial charge in [0.05, 0.1) is 10.2 Å². The molecular weight excluding hydrogens is 258 g/mol. The van der Waals surface area contributed by atoms with Crippen LogP contribution in [-0.2, 0) is 6.61 Å². The van der Waals surface area contributed by atoms with Crippen molar-refractivity contribution in [2.75, 3.05) is 0 Å². The number of carbonyl (C=O) groups is 1. The van der Waals surface area contributed by atoms with Gasteiger partial charge in [-0.25, -0.2) is 4.98 Å². The van der Waals surface area contributed by atoms with Crippen LogP contribution in [0.25, 0.3) is 10.2 Å². The van der Waals surface area contributed by atoms with Gasteiger partial charge in [0.15, 0.2) is 11.3 Å². The standard InChI is InChI=1S/C15H11NO2S/c17-9-15-16-13-7-6-12(8-14(13)19-15)18-10-11-4-2-1-3-5-11/h1-9H,10H2. The first kappa shape index (κ1) is 11.9. The van der Waals surface area contributed by atoms with E-state index in [9.17, 15) is 4.79 Å². The van der Waals surface area contributed by atoms with Gasteiger partial charge in [-0.3, -0.25) is 4.79 Å². The molecule has 94 valence electrons. The molecule has 0 aliphatic carbocycles. The van der Waals surface area contributed by atoms with Crippen molar-refractivity contribution in [1.82, 2.24) is 4.98 Å². The van der Waals surface area contributed by atoms with E-state index in [0.717, 1.165) is 27.8 Å². The zero-order valence-corrected chi connectivity index (χ0v) is 10.9. The summed E-state index contributed by atoms with van der Waals surface area (Å²) >= 11 is 1.37. The van der Waals surface area contributed by atoms with E-state index in [1.165, 1.54) is 11.3 Å². The average Bonchev–Trinajstić information content (AvgIpc) is 2.88. The number of nitrogens with zero attached hydrogens (tertiary/aromatic N) is 1. The van der Waals surface area contributed by atoms with Gasteiger partial charge < -0.3 is 4.74 Å². The molecular formula is C15H11NO2S. The number of carbonyl (C=O) groups excluding carboxylic acids is 1. The molecule has 0 bridgehead atoms. The van der Waals surface area contributed by atoms with Gasteiger partial charge >= 0.3 is 0 Å². The molecule has 0 spiro atoms. The second-order valence-corrected chi connectivity index (χ2v) is 5.14. The van der Waals surface area contributed by atoms with Gasteiger partial charge in [-0.05, 0) is 23.8 Å². The molecule has 19 heavy (non-hydrogen) atoms. The molecule has 0 amide bonds. The second-order valence-electron chi connectivity index (χ2n) is 4.07. The van der Waals surface area contributed by atoms with E-state index >= 15 is 0 Å². The van der Waals surface area contributed by atoms with Gasteiger partial charge in [-0.15, -0.1) is 11.3 Å². The first-order chi connectivity index (χ1) is 9.35. The zero-order chi connectivity index (χ0) is 13.1. The molecule has 0 aliphatic heterocycles. The van der Waals surface area contributed by atoms with Crippen LogP contribution in [0.2, 0.25) is 0 Å². The van der Waals surface area contributed by atoms with E-state index in [1.54, 1.807) is 0 Å². The Hall–Kier alpha value is -2.20. The molecule has 0 radical (unpaired) electrons.